The van der Waals surface area contributed by atoms with Gasteiger partial charge in [-0.15, -0.1) is 0 Å². The summed E-state index contributed by atoms with van der Waals surface area (Å²) in [5.74, 6) is -0.449. The molecule has 3 N–H and O–H groups in total. The molecule has 4 unspecified atom stereocenters. The molecule has 642 valence electrons. The van der Waals surface area contributed by atoms with Gasteiger partial charge in [-0.2, -0.15) is 0 Å². The Hall–Kier alpha value is -1.94. The average molecular weight is 1580 g/mol. The third kappa shape index (κ3) is 79.3. The number of carbonyl (C=O) groups is 4. The second-order valence-electron chi connectivity index (χ2n) is 32.5. The number of rotatable bonds is 88. The molecule has 0 aromatic rings. The molecule has 17 nitrogen and oxygen atoms in total. The molecule has 0 bridgehead atoms. The largest absolute Gasteiger partial charge is 0.472 e. The van der Waals surface area contributed by atoms with Gasteiger partial charge in [0.05, 0.1) is 26.4 Å². The average Bonchev–Trinajstić information content (AvgIpc) is 0.901. The van der Waals surface area contributed by atoms with Crippen molar-refractivity contribution in [3.8, 4) is 0 Å². The lowest BCUT2D eigenvalue weighted by Gasteiger charge is -2.21. The maximum atomic E-state index is 13.2. The smallest absolute Gasteiger partial charge is 0.462 e. The van der Waals surface area contributed by atoms with E-state index in [0.29, 0.717) is 25.7 Å². The van der Waals surface area contributed by atoms with Crippen molar-refractivity contribution in [3.63, 3.8) is 0 Å². The summed E-state index contributed by atoms with van der Waals surface area (Å²) >= 11 is 0. The van der Waals surface area contributed by atoms with Crippen molar-refractivity contribution in [3.05, 3.63) is 0 Å². The molecule has 0 rings (SSSR count). The Balaban J connectivity index is 5.25. The molecule has 108 heavy (non-hydrogen) atoms. The Morgan fingerprint density at radius 2 is 0.444 bits per heavy atom. The SMILES string of the molecule is CCCCCCCCCCCCCCCCCCCCCC(=O)OC[C@H](COP(=O)(O)OC[C@@H](O)COP(=O)(O)OC[C@@H](COC(=O)CCCCCCCCCCC(C)CC)OC(=O)CCCCCCCCCCCCCCCCC)OC(=O)CCCCCCCCCCCCCCCCCCCCC(C)CC. The zero-order chi connectivity index (χ0) is 79.2. The van der Waals surface area contributed by atoms with Gasteiger partial charge >= 0.3 is 39.5 Å². The number of esters is 4. The number of aliphatic hydroxyl groups excluding tert-OH is 1. The van der Waals surface area contributed by atoms with E-state index < -0.39 is 97.5 Å². The van der Waals surface area contributed by atoms with Crippen LogP contribution in [0.3, 0.4) is 0 Å². The van der Waals surface area contributed by atoms with Gasteiger partial charge < -0.3 is 33.8 Å². The maximum Gasteiger partial charge on any atom is 0.472 e. The topological polar surface area (TPSA) is 237 Å². The minimum absolute atomic E-state index is 0.108. The molecule has 0 amide bonds. The summed E-state index contributed by atoms with van der Waals surface area (Å²) in [6, 6.07) is 0. The van der Waals surface area contributed by atoms with Gasteiger partial charge in [-0.05, 0) is 37.5 Å². The third-order valence-electron chi connectivity index (χ3n) is 21.7. The van der Waals surface area contributed by atoms with Crippen LogP contribution < -0.4 is 0 Å². The Kier molecular flexibility index (Phi) is 78.8. The summed E-state index contributed by atoms with van der Waals surface area (Å²) < 4.78 is 69.0. The fraction of sp³-hybridized carbons (Fsp3) is 0.955. The van der Waals surface area contributed by atoms with E-state index in [1.165, 1.54) is 295 Å². The van der Waals surface area contributed by atoms with Crippen molar-refractivity contribution >= 4 is 39.5 Å². The molecule has 0 heterocycles. The van der Waals surface area contributed by atoms with Gasteiger partial charge in [0.2, 0.25) is 0 Å². The van der Waals surface area contributed by atoms with Gasteiger partial charge in [-0.1, -0.05) is 427 Å². The van der Waals surface area contributed by atoms with Gasteiger partial charge in [-0.25, -0.2) is 9.13 Å². The molecule has 0 aliphatic rings. The molecular weight excluding hydrogens is 1400 g/mol. The highest BCUT2D eigenvalue weighted by Gasteiger charge is 2.31. The zero-order valence-corrected chi connectivity index (χ0v) is 73.0. The van der Waals surface area contributed by atoms with E-state index in [1.807, 2.05) is 0 Å². The Labute approximate surface area is 664 Å². The number of unbranched alkanes of at least 4 members (excludes halogenated alkanes) is 56. The summed E-state index contributed by atoms with van der Waals surface area (Å²) in [7, 11) is -9.93. The number of aliphatic hydroxyl groups is 1. The fourth-order valence-corrected chi connectivity index (χ4v) is 15.5. The monoisotopic (exact) mass is 1580 g/mol. The van der Waals surface area contributed by atoms with E-state index >= 15 is 0 Å². The molecule has 0 radical (unpaired) electrons. The van der Waals surface area contributed by atoms with E-state index in [4.69, 9.17) is 37.0 Å². The van der Waals surface area contributed by atoms with Crippen LogP contribution in [0.5, 0.6) is 0 Å². The van der Waals surface area contributed by atoms with Crippen LogP contribution in [0.4, 0.5) is 0 Å². The van der Waals surface area contributed by atoms with Crippen LogP contribution in [0.15, 0.2) is 0 Å². The normalized spacial score (nSPS) is 14.3. The number of phosphoric acid groups is 2. The van der Waals surface area contributed by atoms with E-state index in [2.05, 4.69) is 41.5 Å². The lowest BCUT2D eigenvalue weighted by Crippen LogP contribution is -2.30. The lowest BCUT2D eigenvalue weighted by atomic mass is 9.99. The molecule has 19 heteroatoms. The molecule has 0 fully saturated rings. The molecular formula is C89H174O17P2. The van der Waals surface area contributed by atoms with E-state index in [9.17, 15) is 43.2 Å². The number of carbonyl (C=O) groups excluding carboxylic acids is 4. The van der Waals surface area contributed by atoms with Crippen LogP contribution in [0, 0.1) is 11.8 Å². The summed E-state index contributed by atoms with van der Waals surface area (Å²) in [6.45, 7) is 9.76. The first kappa shape index (κ1) is 106. The molecule has 0 aromatic carbocycles. The van der Waals surface area contributed by atoms with Crippen molar-refractivity contribution in [1.29, 1.82) is 0 Å². The molecule has 0 saturated heterocycles. The maximum absolute atomic E-state index is 13.2. The van der Waals surface area contributed by atoms with Crippen molar-refractivity contribution in [2.45, 2.75) is 496 Å². The predicted molar refractivity (Wildman–Crippen MR) is 446 cm³/mol. The quantitative estimate of drug-likeness (QED) is 0.0222. The second-order valence-corrected chi connectivity index (χ2v) is 35.4. The van der Waals surface area contributed by atoms with Crippen molar-refractivity contribution in [1.82, 2.24) is 0 Å². The van der Waals surface area contributed by atoms with Crippen LogP contribution in [-0.4, -0.2) is 96.7 Å². The Morgan fingerprint density at radius 1 is 0.259 bits per heavy atom. The summed E-state index contributed by atoms with van der Waals surface area (Å²) in [5, 5.41) is 10.7. The number of hydrogen-bond acceptors (Lipinski definition) is 15. The number of hydrogen-bond donors (Lipinski definition) is 3. The van der Waals surface area contributed by atoms with Crippen LogP contribution in [0.25, 0.3) is 0 Å². The zero-order valence-electron chi connectivity index (χ0n) is 71.2. The highest BCUT2D eigenvalue weighted by atomic mass is 31.2. The number of phosphoric ester groups is 2. The molecule has 0 aromatic heterocycles. The standard InChI is InChI=1S/C89H174O17P2/c1-7-11-13-15-17-19-21-23-25-26-27-31-35-38-42-46-53-59-65-71-86(91)99-77-84(105-88(93)74-68-62-56-48-44-40-36-32-29-28-30-34-37-41-45-51-57-63-69-81(5)9-3)79-103-107(95,96)101-75-83(90)76-102-108(97,98)104-80-85(78-100-87(92)72-66-60-54-50-49-52-58-64-70-82(6)10-4)106-89(94)73-67-61-55-47-43-39-33-24-22-20-18-16-14-12-8-2/h81-85,90H,7-80H2,1-6H3,(H,95,96)(H,97,98)/t81?,82?,83-,84-,85-/m1/s1. The van der Waals surface area contributed by atoms with E-state index in [1.54, 1.807) is 0 Å². The Bertz CT molecular complexity index is 2070. The summed E-state index contributed by atoms with van der Waals surface area (Å²) in [5.41, 5.74) is 0. The van der Waals surface area contributed by atoms with Crippen LogP contribution in [0.1, 0.15) is 478 Å². The van der Waals surface area contributed by atoms with E-state index in [-0.39, 0.29) is 25.7 Å². The lowest BCUT2D eigenvalue weighted by molar-refractivity contribution is -0.161. The first-order valence-electron chi connectivity index (χ1n) is 46.1. The van der Waals surface area contributed by atoms with Gasteiger partial charge in [0.15, 0.2) is 12.2 Å². The minimum atomic E-state index is -4.97. The minimum Gasteiger partial charge on any atom is -0.462 e. The molecule has 0 aliphatic carbocycles. The molecule has 0 spiro atoms. The van der Waals surface area contributed by atoms with Crippen LogP contribution >= 0.6 is 15.6 Å². The van der Waals surface area contributed by atoms with Crippen LogP contribution in [-0.2, 0) is 65.4 Å². The van der Waals surface area contributed by atoms with Gasteiger partial charge in [0, 0.05) is 25.7 Å². The molecule has 7 atom stereocenters. The fourth-order valence-electron chi connectivity index (χ4n) is 13.9. The van der Waals surface area contributed by atoms with Gasteiger partial charge in [-0.3, -0.25) is 37.3 Å². The van der Waals surface area contributed by atoms with Crippen molar-refractivity contribution in [2.24, 2.45) is 11.8 Å². The van der Waals surface area contributed by atoms with Crippen molar-refractivity contribution in [2.75, 3.05) is 39.6 Å². The van der Waals surface area contributed by atoms with Gasteiger partial charge in [0.25, 0.3) is 0 Å². The summed E-state index contributed by atoms with van der Waals surface area (Å²) in [6.07, 6.45) is 73.5. The third-order valence-corrected chi connectivity index (χ3v) is 23.6. The molecule has 0 aliphatic heterocycles. The van der Waals surface area contributed by atoms with Crippen molar-refractivity contribution < 1.29 is 80.2 Å². The highest BCUT2D eigenvalue weighted by molar-refractivity contribution is 7.47. The molecule has 0 saturated carbocycles. The summed E-state index contributed by atoms with van der Waals surface area (Å²) in [4.78, 5) is 73.4. The number of ether oxygens (including phenoxy) is 4. The Morgan fingerprint density at radius 3 is 0.657 bits per heavy atom. The second kappa shape index (κ2) is 80.3. The van der Waals surface area contributed by atoms with Crippen LogP contribution in [0.2, 0.25) is 0 Å². The highest BCUT2D eigenvalue weighted by Crippen LogP contribution is 2.45. The van der Waals surface area contributed by atoms with Gasteiger partial charge in [0.1, 0.15) is 19.3 Å². The predicted octanol–water partition coefficient (Wildman–Crippen LogP) is 27.4. The van der Waals surface area contributed by atoms with E-state index in [0.717, 1.165) is 102 Å². The first-order valence-corrected chi connectivity index (χ1v) is 49.1. The first-order chi connectivity index (χ1) is 52.4.